The molecule has 0 aliphatic carbocycles. The maximum Gasteiger partial charge on any atom is 0.227 e. The molecule has 0 saturated carbocycles. The Bertz CT molecular complexity index is 325. The van der Waals surface area contributed by atoms with Gasteiger partial charge in [-0.05, 0) is 24.3 Å². The van der Waals surface area contributed by atoms with Crippen LogP contribution in [-0.4, -0.2) is 29.3 Å². The van der Waals surface area contributed by atoms with Crippen LogP contribution >= 0.6 is 22.9 Å². The minimum Gasteiger partial charge on any atom is -0.341 e. The van der Waals surface area contributed by atoms with Gasteiger partial charge in [0.1, 0.15) is 0 Å². The molecule has 4 heteroatoms. The number of halogens is 1. The van der Waals surface area contributed by atoms with Gasteiger partial charge >= 0.3 is 0 Å². The van der Waals surface area contributed by atoms with Crippen LogP contribution in [0, 0.1) is 0 Å². The predicted octanol–water partition coefficient (Wildman–Crippen LogP) is 2.52. The van der Waals surface area contributed by atoms with E-state index in [1.54, 1.807) is 11.3 Å². The van der Waals surface area contributed by atoms with Crippen molar-refractivity contribution in [1.29, 1.82) is 0 Å². The Labute approximate surface area is 98.8 Å². The Kier molecular flexibility index (Phi) is 3.65. The smallest absolute Gasteiger partial charge is 0.227 e. The molecule has 2 heterocycles. The summed E-state index contributed by atoms with van der Waals surface area (Å²) in [4.78, 5) is 14.9. The van der Waals surface area contributed by atoms with Crippen LogP contribution in [0.3, 0.4) is 0 Å². The number of piperidine rings is 1. The summed E-state index contributed by atoms with van der Waals surface area (Å²) < 4.78 is 0. The molecule has 1 unspecified atom stereocenters. The summed E-state index contributed by atoms with van der Waals surface area (Å²) in [5, 5.41) is 2.15. The van der Waals surface area contributed by atoms with E-state index in [1.165, 1.54) is 0 Å². The molecule has 0 aromatic carbocycles. The molecule has 1 aromatic heterocycles. The molecule has 0 spiro atoms. The van der Waals surface area contributed by atoms with Crippen LogP contribution in [0.1, 0.15) is 17.7 Å². The van der Waals surface area contributed by atoms with Gasteiger partial charge in [0, 0.05) is 18.0 Å². The summed E-state index contributed by atoms with van der Waals surface area (Å²) in [5.74, 6) is 0.211. The van der Waals surface area contributed by atoms with Crippen LogP contribution in [0.15, 0.2) is 17.5 Å². The average molecular weight is 244 g/mol. The van der Waals surface area contributed by atoms with Gasteiger partial charge in [0.25, 0.3) is 0 Å². The van der Waals surface area contributed by atoms with Crippen molar-refractivity contribution in [2.45, 2.75) is 24.6 Å². The average Bonchev–Trinajstić information content (AvgIpc) is 2.70. The first kappa shape index (κ1) is 11.0. The minimum atomic E-state index is 0.144. The van der Waals surface area contributed by atoms with Crippen LogP contribution in [0.2, 0.25) is 0 Å². The summed E-state index contributed by atoms with van der Waals surface area (Å²) >= 11 is 7.68. The molecule has 1 saturated heterocycles. The minimum absolute atomic E-state index is 0.144. The van der Waals surface area contributed by atoms with Crippen molar-refractivity contribution in [2.24, 2.45) is 0 Å². The van der Waals surface area contributed by atoms with Crippen molar-refractivity contribution in [2.75, 3.05) is 13.1 Å². The quantitative estimate of drug-likeness (QED) is 0.731. The third-order valence-corrected chi connectivity index (χ3v) is 3.85. The lowest BCUT2D eigenvalue weighted by Crippen LogP contribution is -2.41. The second-order valence-electron chi connectivity index (χ2n) is 3.84. The largest absolute Gasteiger partial charge is 0.341 e. The molecule has 1 aliphatic heterocycles. The van der Waals surface area contributed by atoms with Crippen molar-refractivity contribution in [3.63, 3.8) is 0 Å². The fourth-order valence-electron chi connectivity index (χ4n) is 1.83. The van der Waals surface area contributed by atoms with Gasteiger partial charge < -0.3 is 4.90 Å². The first-order chi connectivity index (χ1) is 7.25. The standard InChI is InChI=1S/C11H14ClNOS/c12-9-3-1-5-13(8-9)11(14)7-10-4-2-6-15-10/h2,4,6,9H,1,3,5,7-8H2. The Balaban J connectivity index is 1.90. The van der Waals surface area contributed by atoms with E-state index < -0.39 is 0 Å². The van der Waals surface area contributed by atoms with E-state index in [4.69, 9.17) is 11.6 Å². The van der Waals surface area contributed by atoms with E-state index >= 15 is 0 Å². The van der Waals surface area contributed by atoms with Crippen molar-refractivity contribution in [1.82, 2.24) is 4.90 Å². The Morgan fingerprint density at radius 1 is 1.67 bits per heavy atom. The maximum absolute atomic E-state index is 11.9. The van der Waals surface area contributed by atoms with Gasteiger partial charge in [-0.2, -0.15) is 0 Å². The van der Waals surface area contributed by atoms with Gasteiger partial charge in [0.15, 0.2) is 0 Å². The molecule has 0 N–H and O–H groups in total. The zero-order chi connectivity index (χ0) is 10.7. The van der Waals surface area contributed by atoms with Gasteiger partial charge in [-0.25, -0.2) is 0 Å². The SMILES string of the molecule is O=C(Cc1cccs1)N1CCCC(Cl)C1. The first-order valence-electron chi connectivity index (χ1n) is 5.20. The molecule has 1 aromatic rings. The van der Waals surface area contributed by atoms with E-state index in [0.717, 1.165) is 24.3 Å². The molecular weight excluding hydrogens is 230 g/mol. The number of rotatable bonds is 2. The summed E-state index contributed by atoms with van der Waals surface area (Å²) in [6, 6.07) is 3.98. The highest BCUT2D eigenvalue weighted by atomic mass is 35.5. The molecule has 15 heavy (non-hydrogen) atoms. The number of hydrogen-bond acceptors (Lipinski definition) is 2. The van der Waals surface area contributed by atoms with Crippen molar-refractivity contribution < 1.29 is 4.79 Å². The maximum atomic E-state index is 11.9. The molecular formula is C11H14ClNOS. The molecule has 1 amide bonds. The lowest BCUT2D eigenvalue weighted by atomic mass is 10.1. The number of likely N-dealkylation sites (tertiary alicyclic amines) is 1. The lowest BCUT2D eigenvalue weighted by molar-refractivity contribution is -0.131. The summed E-state index contributed by atoms with van der Waals surface area (Å²) in [6.07, 6.45) is 2.59. The number of alkyl halides is 1. The Morgan fingerprint density at radius 2 is 2.53 bits per heavy atom. The van der Waals surface area contributed by atoms with Crippen molar-refractivity contribution in [3.8, 4) is 0 Å². The number of hydrogen-bond donors (Lipinski definition) is 0. The monoisotopic (exact) mass is 243 g/mol. The van der Waals surface area contributed by atoms with E-state index in [2.05, 4.69) is 0 Å². The van der Waals surface area contributed by atoms with Crippen molar-refractivity contribution >= 4 is 28.8 Å². The fourth-order valence-corrected chi connectivity index (χ4v) is 2.84. The van der Waals surface area contributed by atoms with Crippen LogP contribution in [0.5, 0.6) is 0 Å². The zero-order valence-electron chi connectivity index (χ0n) is 8.49. The van der Waals surface area contributed by atoms with Crippen LogP contribution in [0.25, 0.3) is 0 Å². The van der Waals surface area contributed by atoms with Crippen LogP contribution in [-0.2, 0) is 11.2 Å². The predicted molar refractivity (Wildman–Crippen MR) is 63.5 cm³/mol. The third kappa shape index (κ3) is 2.95. The van der Waals surface area contributed by atoms with Crippen molar-refractivity contribution in [3.05, 3.63) is 22.4 Å². The van der Waals surface area contributed by atoms with Gasteiger partial charge in [-0.1, -0.05) is 6.07 Å². The topological polar surface area (TPSA) is 20.3 Å². The van der Waals surface area contributed by atoms with Crippen LogP contribution < -0.4 is 0 Å². The number of amides is 1. The Hall–Kier alpha value is -0.540. The number of carbonyl (C=O) groups is 1. The van der Waals surface area contributed by atoms with Gasteiger partial charge in [0.05, 0.1) is 11.8 Å². The summed E-state index contributed by atoms with van der Waals surface area (Å²) in [7, 11) is 0. The summed E-state index contributed by atoms with van der Waals surface area (Å²) in [6.45, 7) is 1.58. The molecule has 2 nitrogen and oxygen atoms in total. The molecule has 1 fully saturated rings. The van der Waals surface area contributed by atoms with Gasteiger partial charge in [-0.15, -0.1) is 22.9 Å². The fraction of sp³-hybridized carbons (Fsp3) is 0.545. The van der Waals surface area contributed by atoms with Gasteiger partial charge in [-0.3, -0.25) is 4.79 Å². The van der Waals surface area contributed by atoms with Gasteiger partial charge in [0.2, 0.25) is 5.91 Å². The highest BCUT2D eigenvalue weighted by Gasteiger charge is 2.22. The van der Waals surface area contributed by atoms with E-state index in [-0.39, 0.29) is 11.3 Å². The second kappa shape index (κ2) is 4.99. The van der Waals surface area contributed by atoms with Crippen LogP contribution in [0.4, 0.5) is 0 Å². The molecule has 1 aliphatic rings. The number of thiophene rings is 1. The molecule has 82 valence electrons. The lowest BCUT2D eigenvalue weighted by Gasteiger charge is -2.29. The molecule has 0 bridgehead atoms. The first-order valence-corrected chi connectivity index (χ1v) is 6.51. The number of carbonyl (C=O) groups excluding carboxylic acids is 1. The van der Waals surface area contributed by atoms with E-state index in [9.17, 15) is 4.79 Å². The van der Waals surface area contributed by atoms with E-state index in [0.29, 0.717) is 13.0 Å². The normalized spacial score (nSPS) is 21.7. The third-order valence-electron chi connectivity index (χ3n) is 2.62. The second-order valence-corrected chi connectivity index (χ2v) is 5.48. The summed E-state index contributed by atoms with van der Waals surface area (Å²) in [5.41, 5.74) is 0. The Morgan fingerprint density at radius 3 is 3.20 bits per heavy atom. The van der Waals surface area contributed by atoms with E-state index in [1.807, 2.05) is 22.4 Å². The highest BCUT2D eigenvalue weighted by molar-refractivity contribution is 7.10. The zero-order valence-corrected chi connectivity index (χ0v) is 10.1. The molecule has 1 atom stereocenters. The highest BCUT2D eigenvalue weighted by Crippen LogP contribution is 2.17. The molecule has 0 radical (unpaired) electrons. The number of nitrogens with zero attached hydrogens (tertiary/aromatic N) is 1. The molecule has 2 rings (SSSR count).